The lowest BCUT2D eigenvalue weighted by atomic mass is 9.95. The Kier molecular flexibility index (Phi) is 13.2. The number of benzene rings is 5. The number of carbonyl (C=O) groups excluding carboxylic acids is 4. The van der Waals surface area contributed by atoms with Crippen molar-refractivity contribution in [2.45, 2.75) is 80.9 Å². The van der Waals surface area contributed by atoms with Crippen molar-refractivity contribution in [1.29, 1.82) is 0 Å². The van der Waals surface area contributed by atoms with E-state index < -0.39 is 104 Å². The van der Waals surface area contributed by atoms with Crippen molar-refractivity contribution in [1.82, 2.24) is 0 Å². The first-order chi connectivity index (χ1) is 31.3. The van der Waals surface area contributed by atoms with Gasteiger partial charge in [0.05, 0.1) is 28.9 Å². The molecule has 4 heterocycles. The average molecular weight is 873 g/mol. The van der Waals surface area contributed by atoms with Crippen molar-refractivity contribution in [2.75, 3.05) is 13.2 Å². The molecule has 2 unspecified atom stereocenters. The van der Waals surface area contributed by atoms with Gasteiger partial charge in [0, 0.05) is 5.56 Å². The summed E-state index contributed by atoms with van der Waals surface area (Å²) in [5, 5.41) is 0. The summed E-state index contributed by atoms with van der Waals surface area (Å²) in [5.74, 6) is -3.23. The molecule has 0 spiro atoms. The fourth-order valence-electron chi connectivity index (χ4n) is 7.97. The molecule has 64 heavy (non-hydrogen) atoms. The highest BCUT2D eigenvalue weighted by Crippen LogP contribution is 2.42. The molecule has 15 nitrogen and oxygen atoms in total. The van der Waals surface area contributed by atoms with Crippen LogP contribution in [0.5, 0.6) is 0 Å². The van der Waals surface area contributed by atoms with E-state index in [1.54, 1.807) is 116 Å². The Morgan fingerprint density at radius 2 is 0.984 bits per heavy atom. The smallest absolute Gasteiger partial charge is 0.338 e. The van der Waals surface area contributed by atoms with Crippen molar-refractivity contribution in [3.8, 4) is 0 Å². The number of fused-ring (bicyclic) bond motifs is 2. The molecule has 4 fully saturated rings. The van der Waals surface area contributed by atoms with E-state index >= 15 is 0 Å². The van der Waals surface area contributed by atoms with Crippen LogP contribution in [-0.4, -0.2) is 105 Å². The van der Waals surface area contributed by atoms with Gasteiger partial charge in [-0.25, -0.2) is 19.2 Å². The molecule has 0 bridgehead atoms. The molecule has 0 aliphatic carbocycles. The molecular formula is C49H44O15. The Labute approximate surface area is 367 Å². The van der Waals surface area contributed by atoms with Crippen LogP contribution in [0.15, 0.2) is 152 Å². The molecule has 15 heteroatoms. The van der Waals surface area contributed by atoms with Gasteiger partial charge < -0.3 is 52.1 Å². The molecule has 5 aromatic carbocycles. The van der Waals surface area contributed by atoms with Crippen LogP contribution in [0, 0.1) is 0 Å². The second-order valence-electron chi connectivity index (χ2n) is 15.3. The van der Waals surface area contributed by atoms with Crippen molar-refractivity contribution >= 4 is 23.9 Å². The van der Waals surface area contributed by atoms with Crippen LogP contribution in [0.4, 0.5) is 0 Å². The van der Waals surface area contributed by atoms with Crippen molar-refractivity contribution in [3.63, 3.8) is 0 Å². The molecular weight excluding hydrogens is 829 g/mol. The van der Waals surface area contributed by atoms with Crippen LogP contribution in [0.3, 0.4) is 0 Å². The number of hydrogen-bond acceptors (Lipinski definition) is 15. The van der Waals surface area contributed by atoms with Gasteiger partial charge in [0.1, 0.15) is 37.1 Å². The second kappa shape index (κ2) is 19.6. The average Bonchev–Trinajstić information content (AvgIpc) is 3.73. The van der Waals surface area contributed by atoms with Gasteiger partial charge >= 0.3 is 23.9 Å². The lowest BCUT2D eigenvalue weighted by Crippen LogP contribution is -2.67. The molecule has 0 N–H and O–H groups in total. The summed E-state index contributed by atoms with van der Waals surface area (Å²) in [6, 6.07) is 41.9. The standard InChI is InChI=1S/C49H44O15/c1-29-56-41-40(38-36(58-48(41)57-29)28-55-47(63-38)34-25-15-6-16-26-34)64-49-42(62-46(53)33-23-13-5-14-24-33)39(61-45(52)32-21-11-4-12-22-32)37(60-44(51)31-19-9-3-10-20-31)35(59-49)27-54-43(50)30-17-7-2-8-18-30/h2-26,29,35-42,47-49H,27-28H2,1H3/t29?,35-,36-,37-,38-,39+,40+,41-,42+,47?,48+,49-/m1/s1. The summed E-state index contributed by atoms with van der Waals surface area (Å²) in [7, 11) is 0. The summed E-state index contributed by atoms with van der Waals surface area (Å²) in [5.41, 5.74) is 1.42. The lowest BCUT2D eigenvalue weighted by molar-refractivity contribution is -0.375. The normalized spacial score (nSPS) is 29.6. The highest BCUT2D eigenvalue weighted by atomic mass is 16.8. The Morgan fingerprint density at radius 3 is 1.53 bits per heavy atom. The van der Waals surface area contributed by atoms with Crippen molar-refractivity contribution in [2.24, 2.45) is 0 Å². The largest absolute Gasteiger partial charge is 0.459 e. The molecule has 9 rings (SSSR count). The van der Waals surface area contributed by atoms with Gasteiger partial charge in [-0.15, -0.1) is 0 Å². The summed E-state index contributed by atoms with van der Waals surface area (Å²) >= 11 is 0. The SMILES string of the molecule is CC1O[C@H]2O[C@@H]3COC(c4ccccc4)O[C@H]3[C@H](O[C@H]3O[C@H](COC(=O)c4ccccc4)[C@@H](OC(=O)c4ccccc4)[C@H](OC(=O)c4ccccc4)[C@@H]3OC(=O)c3ccccc3)[C@H]2O1. The summed E-state index contributed by atoms with van der Waals surface area (Å²) in [4.78, 5) is 55.8. The Balaban J connectivity index is 1.13. The molecule has 4 aliphatic rings. The molecule has 12 atom stereocenters. The van der Waals surface area contributed by atoms with Gasteiger partial charge in [-0.05, 0) is 55.5 Å². The van der Waals surface area contributed by atoms with Gasteiger partial charge in [0.15, 0.2) is 43.5 Å². The zero-order valence-corrected chi connectivity index (χ0v) is 34.4. The predicted molar refractivity (Wildman–Crippen MR) is 221 cm³/mol. The Hall–Kier alpha value is -6.30. The molecule has 0 radical (unpaired) electrons. The zero-order valence-electron chi connectivity index (χ0n) is 34.4. The molecule has 0 amide bonds. The Bertz CT molecular complexity index is 2350. The molecule has 4 aliphatic heterocycles. The number of esters is 4. The number of rotatable bonds is 12. The van der Waals surface area contributed by atoms with Crippen molar-refractivity contribution in [3.05, 3.63) is 179 Å². The van der Waals surface area contributed by atoms with Crippen LogP contribution in [0.25, 0.3) is 0 Å². The van der Waals surface area contributed by atoms with Gasteiger partial charge in [-0.3, -0.25) is 0 Å². The van der Waals surface area contributed by atoms with Crippen LogP contribution in [0.1, 0.15) is 60.2 Å². The maximum atomic E-state index is 14.2. The fourth-order valence-corrected chi connectivity index (χ4v) is 7.97. The summed E-state index contributed by atoms with van der Waals surface area (Å²) < 4.78 is 69.4. The highest BCUT2D eigenvalue weighted by molar-refractivity contribution is 5.91. The first kappa shape index (κ1) is 43.0. The van der Waals surface area contributed by atoms with Gasteiger partial charge in [-0.1, -0.05) is 103 Å². The molecule has 4 saturated heterocycles. The van der Waals surface area contributed by atoms with Gasteiger partial charge in [-0.2, -0.15) is 0 Å². The number of carbonyl (C=O) groups is 4. The Morgan fingerprint density at radius 1 is 0.500 bits per heavy atom. The molecule has 0 saturated carbocycles. The van der Waals surface area contributed by atoms with E-state index in [2.05, 4.69) is 0 Å². The van der Waals surface area contributed by atoms with E-state index in [4.69, 9.17) is 52.1 Å². The van der Waals surface area contributed by atoms with E-state index in [9.17, 15) is 19.2 Å². The predicted octanol–water partition coefficient (Wildman–Crippen LogP) is 6.23. The molecule has 5 aromatic rings. The van der Waals surface area contributed by atoms with E-state index in [1.165, 1.54) is 12.1 Å². The molecule has 0 aromatic heterocycles. The van der Waals surface area contributed by atoms with E-state index in [0.717, 1.165) is 5.56 Å². The van der Waals surface area contributed by atoms with Gasteiger partial charge in [0.25, 0.3) is 0 Å². The maximum absolute atomic E-state index is 14.2. The van der Waals surface area contributed by atoms with Crippen LogP contribution >= 0.6 is 0 Å². The first-order valence-corrected chi connectivity index (χ1v) is 20.9. The third kappa shape index (κ3) is 9.61. The summed E-state index contributed by atoms with van der Waals surface area (Å²) in [6.07, 6.45) is -14.0. The quantitative estimate of drug-likeness (QED) is 0.102. The minimum atomic E-state index is -1.65. The minimum absolute atomic E-state index is 0.0792. The topological polar surface area (TPSA) is 170 Å². The fraction of sp³-hybridized carbons (Fsp3) is 0.306. The van der Waals surface area contributed by atoms with Gasteiger partial charge in [0.2, 0.25) is 0 Å². The maximum Gasteiger partial charge on any atom is 0.338 e. The van der Waals surface area contributed by atoms with E-state index in [0.29, 0.717) is 0 Å². The summed E-state index contributed by atoms with van der Waals surface area (Å²) in [6.45, 7) is 1.24. The lowest BCUT2D eigenvalue weighted by Gasteiger charge is -2.49. The number of ether oxygens (including phenoxy) is 11. The zero-order chi connectivity index (χ0) is 44.0. The van der Waals surface area contributed by atoms with E-state index in [-0.39, 0.29) is 28.9 Å². The van der Waals surface area contributed by atoms with Crippen molar-refractivity contribution < 1.29 is 71.3 Å². The van der Waals surface area contributed by atoms with E-state index in [1.807, 2.05) is 30.3 Å². The minimum Gasteiger partial charge on any atom is -0.459 e. The highest BCUT2D eigenvalue weighted by Gasteiger charge is 2.59. The number of hydrogen-bond donors (Lipinski definition) is 0. The van der Waals surface area contributed by atoms with Crippen LogP contribution < -0.4 is 0 Å². The van der Waals surface area contributed by atoms with Crippen LogP contribution in [0.2, 0.25) is 0 Å². The third-order valence-electron chi connectivity index (χ3n) is 11.1. The monoisotopic (exact) mass is 872 g/mol. The second-order valence-corrected chi connectivity index (χ2v) is 15.3. The molecule has 330 valence electrons. The first-order valence-electron chi connectivity index (χ1n) is 20.9. The van der Waals surface area contributed by atoms with Crippen LogP contribution in [-0.2, 0) is 52.1 Å². The third-order valence-corrected chi connectivity index (χ3v) is 11.1.